The predicted molar refractivity (Wildman–Crippen MR) is 109 cm³/mol. The highest BCUT2D eigenvalue weighted by atomic mass is 35.5. The lowest BCUT2D eigenvalue weighted by Crippen LogP contribution is -2.12. The fraction of sp³-hybridized carbons (Fsp3) is 0.0500. The number of rotatable bonds is 5. The van der Waals surface area contributed by atoms with Gasteiger partial charge in [-0.05, 0) is 42.5 Å². The molecule has 2 heterocycles. The van der Waals surface area contributed by atoms with E-state index in [0.717, 1.165) is 16.9 Å². The van der Waals surface area contributed by atoms with Crippen LogP contribution in [0.5, 0.6) is 5.75 Å². The average molecular weight is 414 g/mol. The van der Waals surface area contributed by atoms with Gasteiger partial charge in [0.1, 0.15) is 11.4 Å². The van der Waals surface area contributed by atoms with Gasteiger partial charge in [0.25, 0.3) is 10.0 Å². The molecule has 0 saturated carbocycles. The summed E-state index contributed by atoms with van der Waals surface area (Å²) < 4.78 is 34.7. The molecule has 0 amide bonds. The molecule has 0 unspecified atom stereocenters. The molecule has 8 heteroatoms. The van der Waals surface area contributed by atoms with Gasteiger partial charge in [-0.2, -0.15) is 0 Å². The third-order valence-electron chi connectivity index (χ3n) is 4.23. The Morgan fingerprint density at radius 3 is 2.54 bits per heavy atom. The van der Waals surface area contributed by atoms with Gasteiger partial charge in [-0.3, -0.25) is 4.72 Å². The molecule has 0 radical (unpaired) electrons. The smallest absolute Gasteiger partial charge is 0.261 e. The van der Waals surface area contributed by atoms with Gasteiger partial charge < -0.3 is 9.14 Å². The Hall–Kier alpha value is -3.03. The van der Waals surface area contributed by atoms with Gasteiger partial charge in [0, 0.05) is 23.6 Å². The monoisotopic (exact) mass is 413 g/mol. The second-order valence-electron chi connectivity index (χ2n) is 6.07. The first-order valence-corrected chi connectivity index (χ1v) is 10.2. The molecule has 2 aromatic carbocycles. The Kier molecular flexibility index (Phi) is 4.70. The molecule has 0 aliphatic heterocycles. The van der Waals surface area contributed by atoms with Crippen molar-refractivity contribution in [2.24, 2.45) is 0 Å². The van der Waals surface area contributed by atoms with E-state index in [1.54, 1.807) is 12.1 Å². The van der Waals surface area contributed by atoms with Gasteiger partial charge in [0.05, 0.1) is 22.7 Å². The number of fused-ring (bicyclic) bond motifs is 1. The maximum absolute atomic E-state index is 12.6. The number of nitrogens with zero attached hydrogens (tertiary/aromatic N) is 2. The predicted octanol–water partition coefficient (Wildman–Crippen LogP) is 4.46. The Balaban J connectivity index is 1.57. The summed E-state index contributed by atoms with van der Waals surface area (Å²) in [6, 6.07) is 17.1. The van der Waals surface area contributed by atoms with E-state index in [1.807, 2.05) is 47.1 Å². The summed E-state index contributed by atoms with van der Waals surface area (Å²) in [5.74, 6) is 0.414. The molecule has 142 valence electrons. The van der Waals surface area contributed by atoms with Crippen LogP contribution in [0.1, 0.15) is 0 Å². The highest BCUT2D eigenvalue weighted by Crippen LogP contribution is 2.28. The van der Waals surface area contributed by atoms with E-state index in [-0.39, 0.29) is 9.92 Å². The van der Waals surface area contributed by atoms with E-state index in [4.69, 9.17) is 16.3 Å². The topological polar surface area (TPSA) is 72.7 Å². The lowest BCUT2D eigenvalue weighted by Gasteiger charge is -2.10. The van der Waals surface area contributed by atoms with Gasteiger partial charge in [0.2, 0.25) is 0 Å². The van der Waals surface area contributed by atoms with Crippen molar-refractivity contribution >= 4 is 33.0 Å². The lowest BCUT2D eigenvalue weighted by molar-refractivity contribution is 0.414. The van der Waals surface area contributed by atoms with Gasteiger partial charge in [-0.15, -0.1) is 0 Å². The van der Waals surface area contributed by atoms with Crippen LogP contribution in [-0.2, 0) is 10.0 Å². The molecular formula is C20H16ClN3O3S. The maximum Gasteiger partial charge on any atom is 0.261 e. The number of nitrogens with one attached hydrogen (secondary N) is 1. The minimum atomic E-state index is -3.77. The Labute approximate surface area is 167 Å². The van der Waals surface area contributed by atoms with Gasteiger partial charge in [-0.25, -0.2) is 13.4 Å². The summed E-state index contributed by atoms with van der Waals surface area (Å²) in [4.78, 5) is 4.62. The molecule has 0 bridgehead atoms. The van der Waals surface area contributed by atoms with Gasteiger partial charge in [-0.1, -0.05) is 29.8 Å². The zero-order valence-corrected chi connectivity index (χ0v) is 16.4. The van der Waals surface area contributed by atoms with E-state index in [9.17, 15) is 8.42 Å². The Morgan fingerprint density at radius 1 is 1.07 bits per heavy atom. The van der Waals surface area contributed by atoms with Crippen LogP contribution in [0, 0.1) is 0 Å². The molecule has 4 aromatic rings. The number of halogens is 1. The first kappa shape index (κ1) is 18.3. The Bertz CT molecular complexity index is 1220. The highest BCUT2D eigenvalue weighted by Gasteiger charge is 2.16. The first-order chi connectivity index (χ1) is 13.5. The molecule has 0 spiro atoms. The van der Waals surface area contributed by atoms with Crippen molar-refractivity contribution in [3.63, 3.8) is 0 Å². The fourth-order valence-corrected chi connectivity index (χ4v) is 4.22. The molecule has 0 fully saturated rings. The molecular weight excluding hydrogens is 398 g/mol. The second kappa shape index (κ2) is 7.18. The third kappa shape index (κ3) is 3.54. The number of ether oxygens (including phenoxy) is 1. The van der Waals surface area contributed by atoms with E-state index in [2.05, 4.69) is 9.71 Å². The second-order valence-corrected chi connectivity index (χ2v) is 8.16. The maximum atomic E-state index is 12.6. The Morgan fingerprint density at radius 2 is 1.86 bits per heavy atom. The van der Waals surface area contributed by atoms with Crippen LogP contribution in [0.2, 0.25) is 5.02 Å². The summed E-state index contributed by atoms with van der Waals surface area (Å²) in [6.07, 6.45) is 3.85. The molecule has 1 N–H and O–H groups in total. The van der Waals surface area contributed by atoms with Crippen LogP contribution in [-0.4, -0.2) is 24.9 Å². The summed E-state index contributed by atoms with van der Waals surface area (Å²) in [7, 11) is -2.30. The minimum Gasteiger partial charge on any atom is -0.495 e. The zero-order chi connectivity index (χ0) is 19.7. The quantitative estimate of drug-likeness (QED) is 0.524. The normalized spacial score (nSPS) is 11.5. The lowest BCUT2D eigenvalue weighted by atomic mass is 10.1. The highest BCUT2D eigenvalue weighted by molar-refractivity contribution is 7.92. The number of imidazole rings is 1. The largest absolute Gasteiger partial charge is 0.495 e. The van der Waals surface area contributed by atoms with Crippen molar-refractivity contribution < 1.29 is 13.2 Å². The van der Waals surface area contributed by atoms with E-state index >= 15 is 0 Å². The van der Waals surface area contributed by atoms with E-state index < -0.39 is 10.0 Å². The van der Waals surface area contributed by atoms with Crippen molar-refractivity contribution in [2.75, 3.05) is 11.8 Å². The number of aromatic nitrogens is 2. The zero-order valence-electron chi connectivity index (χ0n) is 14.8. The fourth-order valence-electron chi connectivity index (χ4n) is 2.81. The van der Waals surface area contributed by atoms with Crippen molar-refractivity contribution in [1.29, 1.82) is 0 Å². The van der Waals surface area contributed by atoms with E-state index in [1.165, 1.54) is 25.3 Å². The SMILES string of the molecule is COc1ccc(S(=O)(=O)Nc2ccc(-c3cn4ccccc4n3)cc2)cc1Cl. The molecule has 0 saturated heterocycles. The van der Waals surface area contributed by atoms with Crippen LogP contribution >= 0.6 is 11.6 Å². The van der Waals surface area contributed by atoms with Crippen LogP contribution < -0.4 is 9.46 Å². The average Bonchev–Trinajstić information content (AvgIpc) is 3.12. The van der Waals surface area contributed by atoms with Crippen molar-refractivity contribution in [3.8, 4) is 17.0 Å². The number of methoxy groups -OCH3 is 1. The van der Waals surface area contributed by atoms with Crippen LogP contribution in [0.3, 0.4) is 0 Å². The molecule has 2 aromatic heterocycles. The molecule has 28 heavy (non-hydrogen) atoms. The van der Waals surface area contributed by atoms with Crippen molar-refractivity contribution in [3.05, 3.63) is 78.1 Å². The van der Waals surface area contributed by atoms with Crippen LogP contribution in [0.15, 0.2) is 78.0 Å². The summed E-state index contributed by atoms with van der Waals surface area (Å²) in [6.45, 7) is 0. The van der Waals surface area contributed by atoms with Crippen LogP contribution in [0.25, 0.3) is 16.9 Å². The molecule has 0 aliphatic carbocycles. The molecule has 4 rings (SSSR count). The number of hydrogen-bond acceptors (Lipinski definition) is 4. The summed E-state index contributed by atoms with van der Waals surface area (Å²) in [5.41, 5.74) is 2.99. The van der Waals surface area contributed by atoms with Crippen molar-refractivity contribution in [2.45, 2.75) is 4.90 Å². The third-order valence-corrected chi connectivity index (χ3v) is 5.90. The van der Waals surface area contributed by atoms with Gasteiger partial charge in [0.15, 0.2) is 0 Å². The number of anilines is 1. The summed E-state index contributed by atoms with van der Waals surface area (Å²) >= 11 is 6.03. The number of pyridine rings is 1. The molecule has 0 atom stereocenters. The molecule has 6 nitrogen and oxygen atoms in total. The number of sulfonamides is 1. The first-order valence-electron chi connectivity index (χ1n) is 8.37. The van der Waals surface area contributed by atoms with Gasteiger partial charge >= 0.3 is 0 Å². The van der Waals surface area contributed by atoms with Crippen LogP contribution in [0.4, 0.5) is 5.69 Å². The minimum absolute atomic E-state index is 0.0581. The van der Waals surface area contributed by atoms with E-state index in [0.29, 0.717) is 11.4 Å². The number of benzene rings is 2. The number of hydrogen-bond donors (Lipinski definition) is 1. The molecule has 0 aliphatic rings. The van der Waals surface area contributed by atoms with Crippen molar-refractivity contribution in [1.82, 2.24) is 9.38 Å². The summed E-state index contributed by atoms with van der Waals surface area (Å²) in [5, 5.41) is 0.229. The standard InChI is InChI=1S/C20H16ClN3O3S/c1-27-19-10-9-16(12-17(19)21)28(25,26)23-15-7-5-14(6-8-15)18-13-24-11-3-2-4-20(24)22-18/h2-13,23H,1H3.